The number of carbonyl (C=O) groups is 1. The van der Waals surface area contributed by atoms with E-state index in [-0.39, 0.29) is 12.5 Å². The van der Waals surface area contributed by atoms with Crippen molar-refractivity contribution in [3.63, 3.8) is 0 Å². The lowest BCUT2D eigenvalue weighted by Crippen LogP contribution is -2.21. The van der Waals surface area contributed by atoms with Gasteiger partial charge >= 0.3 is 0 Å². The van der Waals surface area contributed by atoms with Crippen molar-refractivity contribution < 1.29 is 4.79 Å². The minimum atomic E-state index is -0.291. The van der Waals surface area contributed by atoms with Crippen LogP contribution in [0.15, 0.2) is 30.3 Å². The molecule has 2 aromatic carbocycles. The number of anilines is 2. The highest BCUT2D eigenvalue weighted by atomic mass is 35.5. The Labute approximate surface area is 152 Å². The zero-order valence-corrected chi connectivity index (χ0v) is 14.7. The third kappa shape index (κ3) is 4.83. The molecule has 2 N–H and O–H groups in total. The topological polar surface area (TPSA) is 41.1 Å². The number of rotatable bonds is 4. The number of hydrogen-bond donors (Lipinski definition) is 2. The molecule has 0 radical (unpaired) electrons. The molecule has 0 aliphatic rings. The second kappa shape index (κ2) is 7.62. The van der Waals surface area contributed by atoms with E-state index in [0.29, 0.717) is 36.5 Å². The van der Waals surface area contributed by atoms with Crippen LogP contribution in [0.25, 0.3) is 0 Å². The zero-order valence-electron chi connectivity index (χ0n) is 10.9. The van der Waals surface area contributed by atoms with Crippen molar-refractivity contribution in [3.05, 3.63) is 55.4 Å². The summed E-state index contributed by atoms with van der Waals surface area (Å²) >= 11 is 29.5. The first kappa shape index (κ1) is 17.5. The molecule has 0 aliphatic carbocycles. The van der Waals surface area contributed by atoms with Crippen LogP contribution in [0.3, 0.4) is 0 Å². The SMILES string of the molecule is O=C(CNc1cc(Cl)c(Cl)cc1Cl)Nc1cc(Cl)cc(Cl)c1. The number of benzene rings is 2. The van der Waals surface area contributed by atoms with E-state index in [1.165, 1.54) is 6.07 Å². The maximum Gasteiger partial charge on any atom is 0.243 e. The lowest BCUT2D eigenvalue weighted by Gasteiger charge is -2.10. The number of nitrogens with one attached hydrogen (secondary N) is 2. The highest BCUT2D eigenvalue weighted by Gasteiger charge is 2.08. The first-order valence-electron chi connectivity index (χ1n) is 5.99. The molecule has 8 heteroatoms. The van der Waals surface area contributed by atoms with Crippen LogP contribution < -0.4 is 10.6 Å². The van der Waals surface area contributed by atoms with Crippen LogP contribution in [0, 0.1) is 0 Å². The molecule has 0 saturated heterocycles. The van der Waals surface area contributed by atoms with Gasteiger partial charge in [0.25, 0.3) is 0 Å². The first-order chi connectivity index (χ1) is 10.3. The van der Waals surface area contributed by atoms with Crippen molar-refractivity contribution >= 4 is 75.3 Å². The fourth-order valence-corrected chi connectivity index (χ4v) is 2.80. The number of hydrogen-bond acceptors (Lipinski definition) is 2. The minimum Gasteiger partial charge on any atom is -0.375 e. The normalized spacial score (nSPS) is 10.4. The van der Waals surface area contributed by atoms with Crippen LogP contribution in [-0.4, -0.2) is 12.5 Å². The molecule has 0 unspecified atom stereocenters. The van der Waals surface area contributed by atoms with Gasteiger partial charge in [0.15, 0.2) is 0 Å². The van der Waals surface area contributed by atoms with Crippen molar-refractivity contribution in [2.24, 2.45) is 0 Å². The van der Waals surface area contributed by atoms with E-state index in [9.17, 15) is 4.79 Å². The summed E-state index contributed by atoms with van der Waals surface area (Å²) in [6.45, 7) is -0.0121. The Bertz CT molecular complexity index is 700. The standard InChI is InChI=1S/C14H9Cl5N2O/c15-7-1-8(16)3-9(2-7)21-14(22)6-20-13-5-11(18)10(17)4-12(13)19/h1-5,20H,6H2,(H,21,22). The third-order valence-corrected chi connectivity index (χ3v) is 4.07. The molecule has 2 aromatic rings. The summed E-state index contributed by atoms with van der Waals surface area (Å²) in [4.78, 5) is 11.9. The van der Waals surface area contributed by atoms with Gasteiger partial charge in [0.1, 0.15) is 0 Å². The van der Waals surface area contributed by atoms with Crippen molar-refractivity contribution in [2.45, 2.75) is 0 Å². The number of carbonyl (C=O) groups excluding carboxylic acids is 1. The quantitative estimate of drug-likeness (QED) is 0.620. The molecule has 116 valence electrons. The molecule has 1 amide bonds. The average Bonchev–Trinajstić information content (AvgIpc) is 2.40. The Kier molecular flexibility index (Phi) is 6.07. The molecular formula is C14H9Cl5N2O. The average molecular weight is 399 g/mol. The minimum absolute atomic E-state index is 0.0121. The molecule has 0 heterocycles. The van der Waals surface area contributed by atoms with Gasteiger partial charge in [-0.2, -0.15) is 0 Å². The second-order valence-corrected chi connectivity index (χ2v) is 6.40. The van der Waals surface area contributed by atoms with Gasteiger partial charge in [-0.1, -0.05) is 58.0 Å². The van der Waals surface area contributed by atoms with Crippen molar-refractivity contribution in [1.82, 2.24) is 0 Å². The highest BCUT2D eigenvalue weighted by molar-refractivity contribution is 6.44. The Balaban J connectivity index is 2.00. The molecule has 0 atom stereocenters. The zero-order chi connectivity index (χ0) is 16.3. The van der Waals surface area contributed by atoms with Gasteiger partial charge in [-0.3, -0.25) is 4.79 Å². The van der Waals surface area contributed by atoms with Crippen molar-refractivity contribution in [1.29, 1.82) is 0 Å². The van der Waals surface area contributed by atoms with Gasteiger partial charge in [-0.25, -0.2) is 0 Å². The molecule has 0 spiro atoms. The summed E-state index contributed by atoms with van der Waals surface area (Å²) in [5.74, 6) is -0.291. The molecule has 0 aromatic heterocycles. The van der Waals surface area contributed by atoms with Crippen LogP contribution >= 0.6 is 58.0 Å². The van der Waals surface area contributed by atoms with E-state index >= 15 is 0 Å². The van der Waals surface area contributed by atoms with Crippen LogP contribution in [0.4, 0.5) is 11.4 Å². The fraction of sp³-hybridized carbons (Fsp3) is 0.0714. The first-order valence-corrected chi connectivity index (χ1v) is 7.88. The maximum atomic E-state index is 11.9. The second-order valence-electron chi connectivity index (χ2n) is 4.31. The van der Waals surface area contributed by atoms with E-state index in [2.05, 4.69) is 10.6 Å². The Morgan fingerprint density at radius 3 is 2.05 bits per heavy atom. The Morgan fingerprint density at radius 1 is 0.818 bits per heavy atom. The predicted molar refractivity (Wildman–Crippen MR) is 95.1 cm³/mol. The lowest BCUT2D eigenvalue weighted by atomic mass is 10.3. The summed E-state index contributed by atoms with van der Waals surface area (Å²) in [6, 6.07) is 7.82. The van der Waals surface area contributed by atoms with E-state index < -0.39 is 0 Å². The lowest BCUT2D eigenvalue weighted by molar-refractivity contribution is -0.114. The summed E-state index contributed by atoms with van der Waals surface area (Å²) in [5, 5.41) is 7.47. The van der Waals surface area contributed by atoms with Crippen molar-refractivity contribution in [3.8, 4) is 0 Å². The molecular weight excluding hydrogens is 389 g/mol. The van der Waals surface area contributed by atoms with Crippen molar-refractivity contribution in [2.75, 3.05) is 17.2 Å². The van der Waals surface area contributed by atoms with E-state index in [1.807, 2.05) is 0 Å². The fourth-order valence-electron chi connectivity index (χ4n) is 1.66. The van der Waals surface area contributed by atoms with Gasteiger partial charge in [0, 0.05) is 15.7 Å². The van der Waals surface area contributed by atoms with Crippen LogP contribution in [-0.2, 0) is 4.79 Å². The summed E-state index contributed by atoms with van der Waals surface area (Å²) in [6.07, 6.45) is 0. The molecule has 0 aliphatic heterocycles. The Hall–Kier alpha value is -0.840. The molecule has 0 fully saturated rings. The molecule has 2 rings (SSSR count). The highest BCUT2D eigenvalue weighted by Crippen LogP contribution is 2.32. The molecule has 22 heavy (non-hydrogen) atoms. The number of halogens is 5. The largest absolute Gasteiger partial charge is 0.375 e. The number of amides is 1. The van der Waals surface area contributed by atoms with Crippen LogP contribution in [0.5, 0.6) is 0 Å². The molecule has 0 saturated carbocycles. The van der Waals surface area contributed by atoms with E-state index in [4.69, 9.17) is 58.0 Å². The predicted octanol–water partition coefficient (Wildman–Crippen LogP) is 6.00. The molecule has 0 bridgehead atoms. The van der Waals surface area contributed by atoms with E-state index in [0.717, 1.165) is 0 Å². The molecule has 3 nitrogen and oxygen atoms in total. The van der Waals surface area contributed by atoms with Crippen LogP contribution in [0.1, 0.15) is 0 Å². The monoisotopic (exact) mass is 396 g/mol. The third-order valence-electron chi connectivity index (χ3n) is 2.60. The summed E-state index contributed by atoms with van der Waals surface area (Å²) < 4.78 is 0. The summed E-state index contributed by atoms with van der Waals surface area (Å²) in [5.41, 5.74) is 1.01. The maximum absolute atomic E-state index is 11.9. The smallest absolute Gasteiger partial charge is 0.243 e. The van der Waals surface area contributed by atoms with Gasteiger partial charge in [0.2, 0.25) is 5.91 Å². The van der Waals surface area contributed by atoms with Gasteiger partial charge in [-0.05, 0) is 30.3 Å². The van der Waals surface area contributed by atoms with Crippen LogP contribution in [0.2, 0.25) is 25.1 Å². The van der Waals surface area contributed by atoms with Gasteiger partial charge in [0.05, 0.1) is 27.3 Å². The summed E-state index contributed by atoms with van der Waals surface area (Å²) in [7, 11) is 0. The van der Waals surface area contributed by atoms with E-state index in [1.54, 1.807) is 24.3 Å². The van der Waals surface area contributed by atoms with Gasteiger partial charge in [-0.15, -0.1) is 0 Å². The van der Waals surface area contributed by atoms with Gasteiger partial charge < -0.3 is 10.6 Å². The Morgan fingerprint density at radius 2 is 1.41 bits per heavy atom.